The number of ether oxygens (including phenoxy) is 2. The lowest BCUT2D eigenvalue weighted by molar-refractivity contribution is 0.0632. The van der Waals surface area contributed by atoms with Gasteiger partial charge in [-0.25, -0.2) is 4.39 Å². The van der Waals surface area contributed by atoms with E-state index in [0.29, 0.717) is 36.6 Å². The number of carbonyl (C=O) groups excluding carboxylic acids is 2. The Hall–Kier alpha value is -3.09. The molecular formula is C25H29FN2O4. The lowest BCUT2D eigenvalue weighted by Gasteiger charge is -2.32. The van der Waals surface area contributed by atoms with Crippen LogP contribution >= 0.6 is 0 Å². The first kappa shape index (κ1) is 22.1. The van der Waals surface area contributed by atoms with Crippen molar-refractivity contribution in [2.45, 2.75) is 25.7 Å². The first-order valence-corrected chi connectivity index (χ1v) is 11.2. The van der Waals surface area contributed by atoms with Crippen LogP contribution in [0, 0.1) is 11.7 Å². The lowest BCUT2D eigenvalue weighted by Crippen LogP contribution is -2.41. The molecule has 32 heavy (non-hydrogen) atoms. The molecule has 1 atom stereocenters. The summed E-state index contributed by atoms with van der Waals surface area (Å²) in [5.41, 5.74) is 1.00. The number of hydrogen-bond acceptors (Lipinski definition) is 4. The molecule has 2 amide bonds. The lowest BCUT2D eigenvalue weighted by atomic mass is 9.98. The number of amides is 2. The van der Waals surface area contributed by atoms with Crippen molar-refractivity contribution in [3.05, 3.63) is 59.4 Å². The van der Waals surface area contributed by atoms with Crippen LogP contribution in [0.1, 0.15) is 46.4 Å². The molecule has 170 valence electrons. The van der Waals surface area contributed by atoms with Crippen LogP contribution in [0.3, 0.4) is 0 Å². The summed E-state index contributed by atoms with van der Waals surface area (Å²) in [5, 5.41) is 0. The Balaban J connectivity index is 1.31. The second-order valence-corrected chi connectivity index (χ2v) is 8.44. The molecule has 0 spiro atoms. The van der Waals surface area contributed by atoms with Gasteiger partial charge in [-0.2, -0.15) is 0 Å². The Morgan fingerprint density at radius 3 is 2.28 bits per heavy atom. The molecule has 0 bridgehead atoms. The van der Waals surface area contributed by atoms with Crippen molar-refractivity contribution in [2.75, 3.05) is 39.9 Å². The van der Waals surface area contributed by atoms with Crippen LogP contribution in [-0.2, 0) is 0 Å². The van der Waals surface area contributed by atoms with Gasteiger partial charge in [-0.1, -0.05) is 0 Å². The fourth-order valence-corrected chi connectivity index (χ4v) is 4.38. The third-order valence-corrected chi connectivity index (χ3v) is 6.19. The topological polar surface area (TPSA) is 59.1 Å². The fraction of sp³-hybridized carbons (Fsp3) is 0.440. The minimum Gasteiger partial charge on any atom is -0.494 e. The number of rotatable bonds is 6. The number of likely N-dealkylation sites (tertiary alicyclic amines) is 2. The van der Waals surface area contributed by atoms with Crippen LogP contribution in [0.25, 0.3) is 0 Å². The summed E-state index contributed by atoms with van der Waals surface area (Å²) in [6, 6.07) is 11.6. The molecule has 4 rings (SSSR count). The van der Waals surface area contributed by atoms with Crippen molar-refractivity contribution in [3.63, 3.8) is 0 Å². The van der Waals surface area contributed by atoms with E-state index in [1.807, 2.05) is 29.2 Å². The van der Waals surface area contributed by atoms with Crippen LogP contribution in [0.15, 0.2) is 42.5 Å². The maximum Gasteiger partial charge on any atom is 0.253 e. The summed E-state index contributed by atoms with van der Waals surface area (Å²) in [4.78, 5) is 28.9. The Morgan fingerprint density at radius 1 is 0.938 bits per heavy atom. The zero-order valence-electron chi connectivity index (χ0n) is 18.4. The van der Waals surface area contributed by atoms with Crippen molar-refractivity contribution in [3.8, 4) is 11.5 Å². The molecule has 0 unspecified atom stereocenters. The third kappa shape index (κ3) is 5.03. The van der Waals surface area contributed by atoms with E-state index in [9.17, 15) is 14.0 Å². The first-order valence-electron chi connectivity index (χ1n) is 11.2. The summed E-state index contributed by atoms with van der Waals surface area (Å²) < 4.78 is 24.9. The molecule has 0 radical (unpaired) electrons. The van der Waals surface area contributed by atoms with Gasteiger partial charge < -0.3 is 19.3 Å². The highest BCUT2D eigenvalue weighted by Gasteiger charge is 2.26. The molecule has 2 fully saturated rings. The van der Waals surface area contributed by atoms with Crippen LogP contribution in [0.5, 0.6) is 11.5 Å². The smallest absolute Gasteiger partial charge is 0.253 e. The SMILES string of the molecule is COc1ccc(C(=O)N2CCC[C@H](COc3ccc(C(=O)N4CCCC4)cc3)C2)cc1F. The average molecular weight is 441 g/mol. The molecule has 0 aromatic heterocycles. The highest BCUT2D eigenvalue weighted by molar-refractivity contribution is 5.95. The van der Waals surface area contributed by atoms with E-state index in [4.69, 9.17) is 9.47 Å². The Kier molecular flexibility index (Phi) is 6.93. The number of piperidine rings is 1. The van der Waals surface area contributed by atoms with Crippen molar-refractivity contribution in [1.82, 2.24) is 9.80 Å². The zero-order valence-corrected chi connectivity index (χ0v) is 18.4. The maximum absolute atomic E-state index is 14.0. The standard InChI is InChI=1S/C25H29FN2O4/c1-31-23-11-8-20(15-22(23)26)25(30)28-14-4-5-18(16-28)17-32-21-9-6-19(7-10-21)24(29)27-12-2-3-13-27/h6-11,15,18H,2-5,12-14,16-17H2,1H3/t18-/m0/s1. The Morgan fingerprint density at radius 2 is 1.59 bits per heavy atom. The van der Waals surface area contributed by atoms with Gasteiger partial charge in [0.2, 0.25) is 0 Å². The van der Waals surface area contributed by atoms with Crippen molar-refractivity contribution >= 4 is 11.8 Å². The number of halogens is 1. The van der Waals surface area contributed by atoms with E-state index < -0.39 is 5.82 Å². The van der Waals surface area contributed by atoms with E-state index in [1.54, 1.807) is 11.0 Å². The van der Waals surface area contributed by atoms with Crippen LogP contribution in [-0.4, -0.2) is 61.5 Å². The molecule has 2 aromatic carbocycles. The predicted octanol–water partition coefficient (Wildman–Crippen LogP) is 4.00. The molecule has 0 saturated carbocycles. The summed E-state index contributed by atoms with van der Waals surface area (Å²) in [7, 11) is 1.40. The molecule has 2 aliphatic heterocycles. The first-order chi connectivity index (χ1) is 15.5. The van der Waals surface area contributed by atoms with E-state index in [1.165, 1.54) is 19.2 Å². The minimum atomic E-state index is -0.540. The zero-order chi connectivity index (χ0) is 22.5. The van der Waals surface area contributed by atoms with Crippen LogP contribution in [0.4, 0.5) is 4.39 Å². The molecule has 2 aliphatic rings. The molecule has 0 aliphatic carbocycles. The van der Waals surface area contributed by atoms with Gasteiger partial charge >= 0.3 is 0 Å². The average Bonchev–Trinajstić information content (AvgIpc) is 3.37. The van der Waals surface area contributed by atoms with Gasteiger partial charge in [0.25, 0.3) is 11.8 Å². The number of benzene rings is 2. The maximum atomic E-state index is 14.0. The third-order valence-electron chi connectivity index (χ3n) is 6.19. The Labute approximate surface area is 187 Å². The van der Waals surface area contributed by atoms with E-state index >= 15 is 0 Å². The molecule has 2 aromatic rings. The van der Waals surface area contributed by atoms with E-state index in [-0.39, 0.29) is 23.5 Å². The Bertz CT molecular complexity index is 957. The highest BCUT2D eigenvalue weighted by atomic mass is 19.1. The second kappa shape index (κ2) is 10.0. The largest absolute Gasteiger partial charge is 0.494 e. The quantitative estimate of drug-likeness (QED) is 0.681. The van der Waals surface area contributed by atoms with Gasteiger partial charge in [0.05, 0.1) is 13.7 Å². The fourth-order valence-electron chi connectivity index (χ4n) is 4.38. The van der Waals surface area contributed by atoms with E-state index in [0.717, 1.165) is 38.8 Å². The second-order valence-electron chi connectivity index (χ2n) is 8.44. The molecule has 0 N–H and O–H groups in total. The number of hydrogen-bond donors (Lipinski definition) is 0. The van der Waals surface area contributed by atoms with Crippen molar-refractivity contribution in [2.24, 2.45) is 5.92 Å². The summed E-state index contributed by atoms with van der Waals surface area (Å²) in [5.74, 6) is 0.387. The number of carbonyl (C=O) groups is 2. The van der Waals surface area contributed by atoms with E-state index in [2.05, 4.69) is 0 Å². The molecule has 2 heterocycles. The summed E-state index contributed by atoms with van der Waals surface area (Å²) in [6.45, 7) is 3.36. The minimum absolute atomic E-state index is 0.0745. The molecule has 2 saturated heterocycles. The van der Waals surface area contributed by atoms with Gasteiger partial charge in [-0.3, -0.25) is 9.59 Å². The van der Waals surface area contributed by atoms with Crippen molar-refractivity contribution < 1.29 is 23.5 Å². The molecule has 6 nitrogen and oxygen atoms in total. The van der Waals surface area contributed by atoms with Gasteiger partial charge in [0, 0.05) is 43.2 Å². The predicted molar refractivity (Wildman–Crippen MR) is 119 cm³/mol. The summed E-state index contributed by atoms with van der Waals surface area (Å²) in [6.07, 6.45) is 3.98. The molecule has 7 heteroatoms. The van der Waals surface area contributed by atoms with Crippen LogP contribution in [0.2, 0.25) is 0 Å². The molecular weight excluding hydrogens is 411 g/mol. The van der Waals surface area contributed by atoms with Gasteiger partial charge in [0.1, 0.15) is 5.75 Å². The normalized spacial score (nSPS) is 18.5. The van der Waals surface area contributed by atoms with Gasteiger partial charge in [0.15, 0.2) is 11.6 Å². The highest BCUT2D eigenvalue weighted by Crippen LogP contribution is 2.23. The monoisotopic (exact) mass is 440 g/mol. The van der Waals surface area contributed by atoms with Crippen molar-refractivity contribution in [1.29, 1.82) is 0 Å². The number of nitrogens with zero attached hydrogens (tertiary/aromatic N) is 2. The summed E-state index contributed by atoms with van der Waals surface area (Å²) >= 11 is 0. The van der Waals surface area contributed by atoms with Crippen LogP contribution < -0.4 is 9.47 Å². The number of methoxy groups -OCH3 is 1. The van der Waals surface area contributed by atoms with Gasteiger partial charge in [-0.05, 0) is 68.1 Å². The van der Waals surface area contributed by atoms with Gasteiger partial charge in [-0.15, -0.1) is 0 Å².